The summed E-state index contributed by atoms with van der Waals surface area (Å²) in [6.07, 6.45) is 0. The van der Waals surface area contributed by atoms with E-state index in [0.29, 0.717) is 5.56 Å². The highest BCUT2D eigenvalue weighted by molar-refractivity contribution is 6.03. The molecule has 0 radical (unpaired) electrons. The van der Waals surface area contributed by atoms with Gasteiger partial charge in [0.1, 0.15) is 5.82 Å². The van der Waals surface area contributed by atoms with E-state index in [9.17, 15) is 23.9 Å². The van der Waals surface area contributed by atoms with E-state index >= 15 is 0 Å². The van der Waals surface area contributed by atoms with Gasteiger partial charge in [-0.25, -0.2) is 14.0 Å². The summed E-state index contributed by atoms with van der Waals surface area (Å²) in [5, 5.41) is 11.7. The van der Waals surface area contributed by atoms with Gasteiger partial charge in [0.05, 0.1) is 16.5 Å². The fourth-order valence-corrected chi connectivity index (χ4v) is 2.62. The topological polar surface area (TPSA) is 95.4 Å². The summed E-state index contributed by atoms with van der Waals surface area (Å²) in [4.78, 5) is 37.5. The highest BCUT2D eigenvalue weighted by Crippen LogP contribution is 2.14. The van der Waals surface area contributed by atoms with Gasteiger partial charge in [0.2, 0.25) is 0 Å². The Bertz CT molecular complexity index is 1040. The molecule has 0 bridgehead atoms. The first-order chi connectivity index (χ1) is 11.9. The molecule has 2 N–H and O–H groups in total. The van der Waals surface area contributed by atoms with Gasteiger partial charge >= 0.3 is 12.0 Å². The molecular weight excluding hydrogens is 329 g/mol. The van der Waals surface area contributed by atoms with Crippen LogP contribution >= 0.6 is 0 Å². The Morgan fingerprint density at radius 3 is 2.64 bits per heavy atom. The minimum Gasteiger partial charge on any atom is -0.478 e. The number of aromatic amines is 1. The lowest BCUT2D eigenvalue weighted by molar-refractivity contribution is 0.0699. The summed E-state index contributed by atoms with van der Waals surface area (Å²) in [6.45, 7) is 0.0875. The number of carbonyl (C=O) groups is 2. The van der Waals surface area contributed by atoms with E-state index in [1.54, 1.807) is 6.07 Å². The number of aromatic carboxylic acids is 1. The second kappa shape index (κ2) is 6.23. The van der Waals surface area contributed by atoms with Gasteiger partial charge in [-0.2, -0.15) is 4.68 Å². The summed E-state index contributed by atoms with van der Waals surface area (Å²) in [5.41, 5.74) is -0.120. The first-order valence-corrected chi connectivity index (χ1v) is 7.35. The Kier molecular flexibility index (Phi) is 4.10. The highest BCUT2D eigenvalue weighted by Gasteiger charge is 2.21. The van der Waals surface area contributed by atoms with Crippen LogP contribution in [-0.4, -0.2) is 38.8 Å². The largest absolute Gasteiger partial charge is 0.478 e. The quantitative estimate of drug-likeness (QED) is 0.762. The molecule has 0 spiro atoms. The van der Waals surface area contributed by atoms with Gasteiger partial charge in [0, 0.05) is 13.6 Å². The van der Waals surface area contributed by atoms with Crippen molar-refractivity contribution in [2.45, 2.75) is 6.54 Å². The molecule has 7 nitrogen and oxygen atoms in total. The van der Waals surface area contributed by atoms with Crippen LogP contribution in [0.4, 0.5) is 9.18 Å². The molecule has 0 aliphatic carbocycles. The number of fused-ring (bicyclic) bond motifs is 1. The third-order valence-electron chi connectivity index (χ3n) is 3.77. The standard InChI is InChI=1S/C17H14FN3O4/c1-20(9-10-4-2-5-11(18)8-10)17(25)21-15(22)14-12(16(23)24)6-3-7-13(14)19-21/h2-8,19H,9H2,1H3,(H,23,24). The van der Waals surface area contributed by atoms with Crippen LogP contribution in [0.5, 0.6) is 0 Å². The van der Waals surface area contributed by atoms with E-state index in [2.05, 4.69) is 5.10 Å². The molecular formula is C17H14FN3O4. The second-order valence-corrected chi connectivity index (χ2v) is 5.55. The minimum absolute atomic E-state index is 0.0671. The van der Waals surface area contributed by atoms with Crippen LogP contribution in [0.15, 0.2) is 47.3 Å². The Morgan fingerprint density at radius 2 is 1.96 bits per heavy atom. The van der Waals surface area contributed by atoms with Crippen molar-refractivity contribution in [2.75, 3.05) is 7.05 Å². The summed E-state index contributed by atoms with van der Waals surface area (Å²) < 4.78 is 14.0. The third kappa shape index (κ3) is 3.01. The lowest BCUT2D eigenvalue weighted by Crippen LogP contribution is -2.36. The number of nitrogens with zero attached hydrogens (tertiary/aromatic N) is 2. The Hall–Kier alpha value is -3.42. The van der Waals surface area contributed by atoms with Crippen molar-refractivity contribution < 1.29 is 19.1 Å². The van der Waals surface area contributed by atoms with Crippen molar-refractivity contribution in [1.82, 2.24) is 14.7 Å². The second-order valence-electron chi connectivity index (χ2n) is 5.55. The van der Waals surface area contributed by atoms with Crippen molar-refractivity contribution in [3.8, 4) is 0 Å². The summed E-state index contributed by atoms with van der Waals surface area (Å²) in [5.74, 6) is -1.68. The van der Waals surface area contributed by atoms with Crippen LogP contribution in [0.2, 0.25) is 0 Å². The Labute approximate surface area is 140 Å². The molecule has 1 aromatic heterocycles. The Morgan fingerprint density at radius 1 is 1.24 bits per heavy atom. The van der Waals surface area contributed by atoms with E-state index in [1.807, 2.05) is 0 Å². The van der Waals surface area contributed by atoms with E-state index in [1.165, 1.54) is 48.3 Å². The van der Waals surface area contributed by atoms with E-state index in [-0.39, 0.29) is 23.0 Å². The molecule has 1 heterocycles. The van der Waals surface area contributed by atoms with Crippen LogP contribution in [0, 0.1) is 5.82 Å². The summed E-state index contributed by atoms with van der Waals surface area (Å²) in [6, 6.07) is 9.38. The Balaban J connectivity index is 1.97. The normalized spacial score (nSPS) is 10.8. The number of aromatic nitrogens is 2. The SMILES string of the molecule is CN(Cc1cccc(F)c1)C(=O)n1[nH]c2cccc(C(=O)O)c2c1=O. The molecule has 0 saturated carbocycles. The number of hydrogen-bond donors (Lipinski definition) is 2. The lowest BCUT2D eigenvalue weighted by Gasteiger charge is -2.16. The fraction of sp³-hybridized carbons (Fsp3) is 0.118. The molecule has 0 aliphatic heterocycles. The molecule has 0 fully saturated rings. The molecule has 8 heteroatoms. The van der Waals surface area contributed by atoms with Crippen molar-refractivity contribution in [1.29, 1.82) is 0 Å². The van der Waals surface area contributed by atoms with Crippen LogP contribution in [0.25, 0.3) is 10.9 Å². The zero-order chi connectivity index (χ0) is 18.1. The molecule has 1 amide bonds. The number of carboxylic acid groups (broad SMARTS) is 1. The van der Waals surface area contributed by atoms with Crippen LogP contribution in [-0.2, 0) is 6.54 Å². The molecule has 3 rings (SSSR count). The average molecular weight is 343 g/mol. The summed E-state index contributed by atoms with van der Waals surface area (Å²) in [7, 11) is 1.46. The van der Waals surface area contributed by atoms with Gasteiger partial charge in [-0.15, -0.1) is 0 Å². The van der Waals surface area contributed by atoms with Crippen molar-refractivity contribution in [2.24, 2.45) is 0 Å². The predicted molar refractivity (Wildman–Crippen MR) is 88.2 cm³/mol. The van der Waals surface area contributed by atoms with Gasteiger partial charge in [-0.05, 0) is 29.8 Å². The van der Waals surface area contributed by atoms with E-state index in [4.69, 9.17) is 0 Å². The van der Waals surface area contributed by atoms with Crippen molar-refractivity contribution in [3.05, 3.63) is 69.8 Å². The molecule has 0 saturated heterocycles. The number of rotatable bonds is 3. The number of benzene rings is 2. The maximum atomic E-state index is 13.2. The van der Waals surface area contributed by atoms with Crippen LogP contribution < -0.4 is 5.56 Å². The van der Waals surface area contributed by atoms with Gasteiger partial charge in [-0.1, -0.05) is 18.2 Å². The van der Waals surface area contributed by atoms with Crippen LogP contribution in [0.3, 0.4) is 0 Å². The molecule has 2 aromatic carbocycles. The molecule has 0 atom stereocenters. The van der Waals surface area contributed by atoms with Crippen molar-refractivity contribution >= 4 is 22.9 Å². The molecule has 0 unspecified atom stereocenters. The third-order valence-corrected chi connectivity index (χ3v) is 3.77. The highest BCUT2D eigenvalue weighted by atomic mass is 19.1. The first-order valence-electron chi connectivity index (χ1n) is 7.35. The number of carboxylic acids is 1. The fourth-order valence-electron chi connectivity index (χ4n) is 2.62. The van der Waals surface area contributed by atoms with E-state index < -0.39 is 23.4 Å². The van der Waals surface area contributed by atoms with Crippen LogP contribution in [0.1, 0.15) is 15.9 Å². The molecule has 25 heavy (non-hydrogen) atoms. The van der Waals surface area contributed by atoms with Crippen molar-refractivity contribution in [3.63, 3.8) is 0 Å². The lowest BCUT2D eigenvalue weighted by atomic mass is 10.1. The number of hydrogen-bond acceptors (Lipinski definition) is 3. The number of halogens is 1. The number of H-pyrrole nitrogens is 1. The average Bonchev–Trinajstić information content (AvgIpc) is 2.91. The van der Waals surface area contributed by atoms with Gasteiger partial charge < -0.3 is 10.0 Å². The molecule has 0 aliphatic rings. The number of nitrogens with one attached hydrogen (secondary N) is 1. The minimum atomic E-state index is -1.26. The maximum absolute atomic E-state index is 13.2. The van der Waals surface area contributed by atoms with E-state index in [0.717, 1.165) is 4.68 Å². The molecule has 128 valence electrons. The first kappa shape index (κ1) is 16.4. The predicted octanol–water partition coefficient (Wildman–Crippen LogP) is 2.27. The monoisotopic (exact) mass is 343 g/mol. The van der Waals surface area contributed by atoms with Gasteiger partial charge in [-0.3, -0.25) is 9.89 Å². The smallest absolute Gasteiger partial charge is 0.346 e. The maximum Gasteiger partial charge on any atom is 0.346 e. The number of amides is 1. The summed E-state index contributed by atoms with van der Waals surface area (Å²) >= 11 is 0. The zero-order valence-electron chi connectivity index (χ0n) is 13.2. The zero-order valence-corrected chi connectivity index (χ0v) is 13.2. The van der Waals surface area contributed by atoms with Gasteiger partial charge in [0.15, 0.2) is 0 Å². The van der Waals surface area contributed by atoms with Gasteiger partial charge in [0.25, 0.3) is 5.56 Å². The molecule has 3 aromatic rings. The number of carbonyl (C=O) groups excluding carboxylic acids is 1.